The number of aryl methyl sites for hydroxylation is 1. The molecule has 1 unspecified atom stereocenters. The van der Waals surface area contributed by atoms with Crippen molar-refractivity contribution in [3.05, 3.63) is 23.7 Å². The first-order chi connectivity index (χ1) is 9.20. The van der Waals surface area contributed by atoms with Gasteiger partial charge in [0, 0.05) is 25.2 Å². The second-order valence-electron chi connectivity index (χ2n) is 6.06. The average molecular weight is 263 g/mol. The molecule has 0 aromatic carbocycles. The van der Waals surface area contributed by atoms with Crippen LogP contribution in [0.4, 0.5) is 0 Å². The third-order valence-electron chi connectivity index (χ3n) is 4.51. The average Bonchev–Trinajstić information content (AvgIpc) is 3.00. The minimum atomic E-state index is 0.430. The third kappa shape index (κ3) is 3.19. The number of furan rings is 1. The molecule has 4 heteroatoms. The van der Waals surface area contributed by atoms with E-state index in [1.54, 1.807) is 0 Å². The molecule has 0 bridgehead atoms. The Kier molecular flexibility index (Phi) is 3.91. The van der Waals surface area contributed by atoms with Gasteiger partial charge in [0.25, 0.3) is 0 Å². The van der Waals surface area contributed by atoms with Crippen LogP contribution in [0.15, 0.2) is 16.5 Å². The van der Waals surface area contributed by atoms with Crippen LogP contribution in [0.25, 0.3) is 0 Å². The SMILES string of the molecule is Cc1ccc(CN2CCC(N3CCC(N)CC3)C2)o1. The highest BCUT2D eigenvalue weighted by molar-refractivity contribution is 5.05. The van der Waals surface area contributed by atoms with Crippen molar-refractivity contribution in [1.29, 1.82) is 0 Å². The van der Waals surface area contributed by atoms with Crippen LogP contribution in [0, 0.1) is 6.92 Å². The molecule has 0 aliphatic carbocycles. The second-order valence-corrected chi connectivity index (χ2v) is 6.06. The molecule has 0 amide bonds. The Bertz CT molecular complexity index is 409. The Labute approximate surface area is 115 Å². The van der Waals surface area contributed by atoms with E-state index < -0.39 is 0 Å². The maximum Gasteiger partial charge on any atom is 0.118 e. The van der Waals surface area contributed by atoms with Crippen molar-refractivity contribution in [1.82, 2.24) is 9.80 Å². The van der Waals surface area contributed by atoms with Crippen LogP contribution in [0.5, 0.6) is 0 Å². The Hall–Kier alpha value is -0.840. The lowest BCUT2D eigenvalue weighted by atomic mass is 10.0. The summed E-state index contributed by atoms with van der Waals surface area (Å²) < 4.78 is 5.67. The fourth-order valence-electron chi connectivity index (χ4n) is 3.33. The second kappa shape index (κ2) is 5.65. The maximum absolute atomic E-state index is 5.98. The number of hydrogen-bond acceptors (Lipinski definition) is 4. The van der Waals surface area contributed by atoms with E-state index in [1.165, 1.54) is 32.6 Å². The standard InChI is InChI=1S/C15H25N3O/c1-12-2-3-15(19-12)11-17-7-6-14(10-17)18-8-4-13(16)5-9-18/h2-3,13-14H,4-11,16H2,1H3. The van der Waals surface area contributed by atoms with Crippen molar-refractivity contribution in [2.24, 2.45) is 5.73 Å². The molecule has 19 heavy (non-hydrogen) atoms. The van der Waals surface area contributed by atoms with Gasteiger partial charge in [-0.15, -0.1) is 0 Å². The van der Waals surface area contributed by atoms with Gasteiger partial charge in [-0.25, -0.2) is 0 Å². The van der Waals surface area contributed by atoms with Crippen LogP contribution in [0.1, 0.15) is 30.8 Å². The van der Waals surface area contributed by atoms with Crippen LogP contribution in [0.3, 0.4) is 0 Å². The topological polar surface area (TPSA) is 45.6 Å². The molecule has 1 atom stereocenters. The molecular formula is C15H25N3O. The van der Waals surface area contributed by atoms with Crippen molar-refractivity contribution in [2.75, 3.05) is 26.2 Å². The summed E-state index contributed by atoms with van der Waals surface area (Å²) in [6.07, 6.45) is 3.61. The van der Waals surface area contributed by atoms with Crippen molar-refractivity contribution >= 4 is 0 Å². The van der Waals surface area contributed by atoms with E-state index in [1.807, 2.05) is 6.92 Å². The summed E-state index contributed by atoms with van der Waals surface area (Å²) in [5, 5.41) is 0. The Morgan fingerprint density at radius 3 is 2.68 bits per heavy atom. The van der Waals surface area contributed by atoms with Gasteiger partial charge in [-0.05, 0) is 51.4 Å². The highest BCUT2D eigenvalue weighted by Gasteiger charge is 2.29. The zero-order valence-corrected chi connectivity index (χ0v) is 11.8. The fraction of sp³-hybridized carbons (Fsp3) is 0.733. The van der Waals surface area contributed by atoms with E-state index in [9.17, 15) is 0 Å². The van der Waals surface area contributed by atoms with E-state index in [0.717, 1.165) is 36.9 Å². The minimum absolute atomic E-state index is 0.430. The zero-order chi connectivity index (χ0) is 13.2. The van der Waals surface area contributed by atoms with Gasteiger partial charge in [-0.3, -0.25) is 9.80 Å². The van der Waals surface area contributed by atoms with Gasteiger partial charge in [0.05, 0.1) is 6.54 Å². The van der Waals surface area contributed by atoms with Gasteiger partial charge in [-0.2, -0.15) is 0 Å². The molecule has 3 rings (SSSR count). The number of nitrogens with zero attached hydrogens (tertiary/aromatic N) is 2. The lowest BCUT2D eigenvalue weighted by Gasteiger charge is -2.34. The van der Waals surface area contributed by atoms with Crippen molar-refractivity contribution in [3.63, 3.8) is 0 Å². The molecule has 106 valence electrons. The third-order valence-corrected chi connectivity index (χ3v) is 4.51. The zero-order valence-electron chi connectivity index (χ0n) is 11.8. The number of likely N-dealkylation sites (tertiary alicyclic amines) is 2. The first-order valence-corrected chi connectivity index (χ1v) is 7.48. The molecule has 4 nitrogen and oxygen atoms in total. The molecule has 1 aromatic heterocycles. The van der Waals surface area contributed by atoms with Gasteiger partial charge < -0.3 is 10.2 Å². The summed E-state index contributed by atoms with van der Waals surface area (Å²) in [6.45, 7) is 7.69. The Morgan fingerprint density at radius 2 is 2.00 bits per heavy atom. The molecule has 2 aliphatic heterocycles. The van der Waals surface area contributed by atoms with Gasteiger partial charge >= 0.3 is 0 Å². The van der Waals surface area contributed by atoms with Crippen LogP contribution in [-0.2, 0) is 6.54 Å². The summed E-state index contributed by atoms with van der Waals surface area (Å²) in [5.74, 6) is 2.11. The fourth-order valence-corrected chi connectivity index (χ4v) is 3.33. The molecule has 0 radical (unpaired) electrons. The quantitative estimate of drug-likeness (QED) is 0.899. The molecule has 2 N–H and O–H groups in total. The van der Waals surface area contributed by atoms with Crippen molar-refractivity contribution in [2.45, 2.75) is 44.8 Å². The lowest BCUT2D eigenvalue weighted by Crippen LogP contribution is -2.46. The summed E-state index contributed by atoms with van der Waals surface area (Å²) >= 11 is 0. The lowest BCUT2D eigenvalue weighted by molar-refractivity contribution is 0.150. The predicted molar refractivity (Wildman–Crippen MR) is 75.9 cm³/mol. The van der Waals surface area contributed by atoms with Crippen molar-refractivity contribution in [3.8, 4) is 0 Å². The summed E-state index contributed by atoms with van der Waals surface area (Å²) in [4.78, 5) is 5.15. The van der Waals surface area contributed by atoms with E-state index in [-0.39, 0.29) is 0 Å². The molecule has 3 heterocycles. The molecule has 2 saturated heterocycles. The molecule has 2 fully saturated rings. The van der Waals surface area contributed by atoms with Crippen LogP contribution >= 0.6 is 0 Å². The Balaban J connectivity index is 1.50. The molecule has 0 spiro atoms. The maximum atomic E-state index is 5.98. The summed E-state index contributed by atoms with van der Waals surface area (Å²) in [6, 6.07) is 5.31. The smallest absolute Gasteiger partial charge is 0.118 e. The van der Waals surface area contributed by atoms with E-state index >= 15 is 0 Å². The normalized spacial score (nSPS) is 27.2. The number of hydrogen-bond donors (Lipinski definition) is 1. The first-order valence-electron chi connectivity index (χ1n) is 7.48. The molecule has 1 aromatic rings. The van der Waals surface area contributed by atoms with Gasteiger partial charge in [-0.1, -0.05) is 0 Å². The Morgan fingerprint density at radius 1 is 1.21 bits per heavy atom. The van der Waals surface area contributed by atoms with Crippen LogP contribution in [0.2, 0.25) is 0 Å². The summed E-state index contributed by atoms with van der Waals surface area (Å²) in [7, 11) is 0. The number of rotatable bonds is 3. The summed E-state index contributed by atoms with van der Waals surface area (Å²) in [5.41, 5.74) is 5.98. The van der Waals surface area contributed by atoms with Crippen LogP contribution in [-0.4, -0.2) is 48.1 Å². The van der Waals surface area contributed by atoms with Crippen molar-refractivity contribution < 1.29 is 4.42 Å². The van der Waals surface area contributed by atoms with Gasteiger partial charge in [0.1, 0.15) is 11.5 Å². The minimum Gasteiger partial charge on any atom is -0.465 e. The predicted octanol–water partition coefficient (Wildman–Crippen LogP) is 1.59. The number of piperidine rings is 1. The largest absolute Gasteiger partial charge is 0.465 e. The highest BCUT2D eigenvalue weighted by atomic mass is 16.3. The van der Waals surface area contributed by atoms with Gasteiger partial charge in [0.15, 0.2) is 0 Å². The first kappa shape index (κ1) is 13.2. The molecule has 0 saturated carbocycles. The monoisotopic (exact) mass is 263 g/mol. The number of nitrogens with two attached hydrogens (primary N) is 1. The van der Waals surface area contributed by atoms with E-state index in [4.69, 9.17) is 10.2 Å². The van der Waals surface area contributed by atoms with Crippen LogP contribution < -0.4 is 5.73 Å². The molecule has 2 aliphatic rings. The van der Waals surface area contributed by atoms with Gasteiger partial charge in [0.2, 0.25) is 0 Å². The van der Waals surface area contributed by atoms with E-state index in [0.29, 0.717) is 6.04 Å². The molecular weight excluding hydrogens is 238 g/mol. The highest BCUT2D eigenvalue weighted by Crippen LogP contribution is 2.21. The van der Waals surface area contributed by atoms with E-state index in [2.05, 4.69) is 21.9 Å².